The molecule has 1 amide bonds. The van der Waals surface area contributed by atoms with E-state index in [0.717, 1.165) is 36.4 Å². The van der Waals surface area contributed by atoms with E-state index >= 15 is 0 Å². The van der Waals surface area contributed by atoms with Crippen LogP contribution >= 0.6 is 0 Å². The first-order valence-corrected chi connectivity index (χ1v) is 8.05. The molecule has 1 aliphatic heterocycles. The molecule has 122 valence electrons. The minimum absolute atomic E-state index is 0.163. The number of nitrogens with two attached hydrogens (primary N) is 1. The molecule has 0 spiro atoms. The Kier molecular flexibility index (Phi) is 3.66. The van der Waals surface area contributed by atoms with Gasteiger partial charge in [0.1, 0.15) is 5.52 Å². The van der Waals surface area contributed by atoms with Gasteiger partial charge < -0.3 is 20.9 Å². The maximum absolute atomic E-state index is 12.5. The summed E-state index contributed by atoms with van der Waals surface area (Å²) in [5.74, 6) is -0.163. The fourth-order valence-corrected chi connectivity index (χ4v) is 3.12. The van der Waals surface area contributed by atoms with Gasteiger partial charge in [0.15, 0.2) is 0 Å². The van der Waals surface area contributed by atoms with Gasteiger partial charge in [-0.3, -0.25) is 4.79 Å². The first kappa shape index (κ1) is 14.7. The third-order valence-corrected chi connectivity index (χ3v) is 4.41. The number of carbonyl (C=O) groups excluding carboxylic acids is 1. The van der Waals surface area contributed by atoms with Crippen LogP contribution in [-0.2, 0) is 0 Å². The average Bonchev–Trinajstić information content (AvgIpc) is 3.24. The number of fused-ring (bicyclic) bond motifs is 1. The molecule has 24 heavy (non-hydrogen) atoms. The molecule has 0 saturated carbocycles. The average molecular weight is 321 g/mol. The Labute approximate surface area is 139 Å². The molecule has 4 rings (SSSR count). The van der Waals surface area contributed by atoms with Crippen LogP contribution in [0.15, 0.2) is 48.8 Å². The number of aromatic amines is 1. The summed E-state index contributed by atoms with van der Waals surface area (Å²) in [5.41, 5.74) is 9.94. The maximum atomic E-state index is 12.5. The molecule has 0 bridgehead atoms. The lowest BCUT2D eigenvalue weighted by Crippen LogP contribution is -2.26. The number of anilines is 2. The lowest BCUT2D eigenvalue weighted by atomic mass is 10.1. The van der Waals surface area contributed by atoms with Crippen LogP contribution in [0.4, 0.5) is 11.4 Å². The summed E-state index contributed by atoms with van der Waals surface area (Å²) in [6.07, 6.45) is 2.61. The van der Waals surface area contributed by atoms with Crippen molar-refractivity contribution in [3.8, 4) is 0 Å². The van der Waals surface area contributed by atoms with E-state index in [1.54, 1.807) is 12.4 Å². The zero-order chi connectivity index (χ0) is 16.5. The Morgan fingerprint density at radius 2 is 2.08 bits per heavy atom. The summed E-state index contributed by atoms with van der Waals surface area (Å²) in [6, 6.07) is 13.6. The van der Waals surface area contributed by atoms with Crippen LogP contribution in [0.25, 0.3) is 11.0 Å². The summed E-state index contributed by atoms with van der Waals surface area (Å²) < 4.78 is 0. The van der Waals surface area contributed by atoms with Crippen LogP contribution < -0.4 is 16.0 Å². The fourth-order valence-electron chi connectivity index (χ4n) is 3.12. The van der Waals surface area contributed by atoms with E-state index in [9.17, 15) is 4.79 Å². The highest BCUT2D eigenvalue weighted by atomic mass is 16.1. The zero-order valence-corrected chi connectivity index (χ0v) is 13.2. The minimum Gasteiger partial charge on any atom is -0.370 e. The van der Waals surface area contributed by atoms with Crippen LogP contribution in [-0.4, -0.2) is 35.0 Å². The number of hydrogen-bond acceptors (Lipinski definition) is 4. The number of nitrogens with one attached hydrogen (secondary N) is 2. The molecule has 2 aromatic carbocycles. The largest absolute Gasteiger partial charge is 0.370 e. The Morgan fingerprint density at radius 1 is 1.25 bits per heavy atom. The van der Waals surface area contributed by atoms with Crippen molar-refractivity contribution in [2.24, 2.45) is 5.73 Å². The number of rotatable bonds is 3. The van der Waals surface area contributed by atoms with Gasteiger partial charge in [-0.25, -0.2) is 4.98 Å². The quantitative estimate of drug-likeness (QED) is 0.691. The van der Waals surface area contributed by atoms with Crippen molar-refractivity contribution in [2.45, 2.75) is 12.5 Å². The molecule has 1 aliphatic rings. The maximum Gasteiger partial charge on any atom is 0.257 e. The molecule has 0 aliphatic carbocycles. The molecule has 6 heteroatoms. The van der Waals surface area contributed by atoms with Crippen molar-refractivity contribution in [3.63, 3.8) is 0 Å². The van der Waals surface area contributed by atoms with Gasteiger partial charge >= 0.3 is 0 Å². The third-order valence-electron chi connectivity index (χ3n) is 4.41. The van der Waals surface area contributed by atoms with Gasteiger partial charge in [0.05, 0.1) is 17.4 Å². The number of nitrogens with zero attached hydrogens (tertiary/aromatic N) is 2. The molecular weight excluding hydrogens is 302 g/mol. The minimum atomic E-state index is -0.163. The highest BCUT2D eigenvalue weighted by Gasteiger charge is 2.19. The van der Waals surface area contributed by atoms with Crippen LogP contribution in [0.5, 0.6) is 0 Å². The monoisotopic (exact) mass is 321 g/mol. The van der Waals surface area contributed by atoms with E-state index in [0.29, 0.717) is 11.1 Å². The van der Waals surface area contributed by atoms with Crippen LogP contribution in [0, 0.1) is 0 Å². The van der Waals surface area contributed by atoms with Crippen LogP contribution in [0.1, 0.15) is 16.8 Å². The van der Waals surface area contributed by atoms with E-state index in [1.807, 2.05) is 36.4 Å². The Morgan fingerprint density at radius 3 is 2.83 bits per heavy atom. The number of imidazole rings is 1. The van der Waals surface area contributed by atoms with Crippen molar-refractivity contribution in [1.29, 1.82) is 0 Å². The number of amides is 1. The lowest BCUT2D eigenvalue weighted by Gasteiger charge is -2.18. The van der Waals surface area contributed by atoms with Gasteiger partial charge in [-0.05, 0) is 42.8 Å². The SMILES string of the molecule is NC1CCN(c2ccc(NC(=O)c3cccc4[nH]cnc34)cc2)C1. The Bertz CT molecular complexity index is 871. The molecule has 2 heterocycles. The first-order chi connectivity index (χ1) is 11.7. The standard InChI is InChI=1S/C18H19N5O/c19-12-8-9-23(10-12)14-6-4-13(5-7-14)22-18(24)15-2-1-3-16-17(15)21-11-20-16/h1-7,11-12H,8-10,19H2,(H,20,21)(H,22,24). The predicted molar refractivity (Wildman–Crippen MR) is 95.3 cm³/mol. The Hall–Kier alpha value is -2.86. The number of para-hydroxylation sites is 1. The molecule has 0 radical (unpaired) electrons. The van der Waals surface area contributed by atoms with Crippen molar-refractivity contribution in [3.05, 3.63) is 54.4 Å². The molecule has 1 saturated heterocycles. The highest BCUT2D eigenvalue weighted by molar-refractivity contribution is 6.11. The molecule has 6 nitrogen and oxygen atoms in total. The molecule has 4 N–H and O–H groups in total. The highest BCUT2D eigenvalue weighted by Crippen LogP contribution is 2.23. The second kappa shape index (κ2) is 5.98. The van der Waals surface area contributed by atoms with Crippen molar-refractivity contribution in [2.75, 3.05) is 23.3 Å². The predicted octanol–water partition coefficient (Wildman–Crippen LogP) is 2.35. The second-order valence-electron chi connectivity index (χ2n) is 6.10. The third kappa shape index (κ3) is 2.72. The van der Waals surface area contributed by atoms with Gasteiger partial charge in [-0.15, -0.1) is 0 Å². The smallest absolute Gasteiger partial charge is 0.257 e. The molecular formula is C18H19N5O. The summed E-state index contributed by atoms with van der Waals surface area (Å²) in [5, 5.41) is 2.93. The topological polar surface area (TPSA) is 87.0 Å². The molecule has 1 aromatic heterocycles. The lowest BCUT2D eigenvalue weighted by molar-refractivity contribution is 0.102. The number of H-pyrrole nitrogens is 1. The van der Waals surface area contributed by atoms with Crippen LogP contribution in [0.2, 0.25) is 0 Å². The van der Waals surface area contributed by atoms with E-state index < -0.39 is 0 Å². The molecule has 1 unspecified atom stereocenters. The van der Waals surface area contributed by atoms with Gasteiger partial charge in [-0.1, -0.05) is 6.07 Å². The van der Waals surface area contributed by atoms with Crippen molar-refractivity contribution in [1.82, 2.24) is 9.97 Å². The van der Waals surface area contributed by atoms with Crippen LogP contribution in [0.3, 0.4) is 0 Å². The van der Waals surface area contributed by atoms with E-state index in [-0.39, 0.29) is 11.9 Å². The number of benzene rings is 2. The van der Waals surface area contributed by atoms with Gasteiger partial charge in [0.2, 0.25) is 0 Å². The summed E-state index contributed by atoms with van der Waals surface area (Å²) in [6.45, 7) is 1.86. The number of carbonyl (C=O) groups is 1. The fraction of sp³-hybridized carbons (Fsp3) is 0.222. The van der Waals surface area contributed by atoms with Crippen molar-refractivity contribution < 1.29 is 4.79 Å². The zero-order valence-electron chi connectivity index (χ0n) is 13.2. The molecule has 1 atom stereocenters. The van der Waals surface area contributed by atoms with Crippen molar-refractivity contribution >= 4 is 28.3 Å². The summed E-state index contributed by atoms with van der Waals surface area (Å²) >= 11 is 0. The molecule has 3 aromatic rings. The van der Waals surface area contributed by atoms with E-state index in [4.69, 9.17) is 5.73 Å². The molecule has 1 fully saturated rings. The second-order valence-corrected chi connectivity index (χ2v) is 6.10. The van der Waals surface area contributed by atoms with E-state index in [2.05, 4.69) is 20.2 Å². The van der Waals surface area contributed by atoms with E-state index in [1.165, 1.54) is 0 Å². The number of aromatic nitrogens is 2. The van der Waals surface area contributed by atoms with Gasteiger partial charge in [0, 0.05) is 30.5 Å². The normalized spacial score (nSPS) is 17.4. The van der Waals surface area contributed by atoms with Gasteiger partial charge in [0.25, 0.3) is 5.91 Å². The summed E-state index contributed by atoms with van der Waals surface area (Å²) in [7, 11) is 0. The van der Waals surface area contributed by atoms with Gasteiger partial charge in [-0.2, -0.15) is 0 Å². The summed E-state index contributed by atoms with van der Waals surface area (Å²) in [4.78, 5) is 22.0. The first-order valence-electron chi connectivity index (χ1n) is 8.05. The number of hydrogen-bond donors (Lipinski definition) is 3. The Balaban J connectivity index is 1.51.